The summed E-state index contributed by atoms with van der Waals surface area (Å²) < 4.78 is 85.7. The number of piperidine rings is 1. The molecule has 0 spiro atoms. The summed E-state index contributed by atoms with van der Waals surface area (Å²) in [5, 5.41) is 58.8. The molecule has 3 saturated heterocycles. The first-order valence-electron chi connectivity index (χ1n) is 15.0. The maximum absolute atomic E-state index is 12.5. The maximum atomic E-state index is 12.5. The van der Waals surface area contributed by atoms with Crippen LogP contribution in [0.15, 0.2) is 0 Å². The quantitative estimate of drug-likeness (QED) is 0.0656. The molecule has 2 amide bonds. The molecule has 3 rings (SSSR count). The molecular formula is C24H43N5O20S2. The normalized spacial score (nSPS) is 36.7. The predicted molar refractivity (Wildman–Crippen MR) is 160 cm³/mol. The van der Waals surface area contributed by atoms with E-state index in [-0.39, 0.29) is 13.1 Å². The Kier molecular flexibility index (Phi) is 15.4. The molecule has 3 heterocycles. The Morgan fingerprint density at radius 1 is 0.804 bits per heavy atom. The number of carboxylic acid groups (broad SMARTS) is 1. The molecule has 3 aliphatic heterocycles. The Labute approximate surface area is 291 Å². The van der Waals surface area contributed by atoms with Crippen molar-refractivity contribution in [2.45, 2.75) is 81.2 Å². The largest absolute Gasteiger partial charge is 0.481 e. The number of aliphatic hydroxyl groups is 4. The standard InChI is InChI=1S/C24H43N5O20S2/c1-9(30)27-16-18(33)11(14(45-23(16)42-3)7-43-50(38,39)48-25)4-29-5-12(22(36)37)21(13(32)6-29)47-24-17(28-10(2)31)20(35)19(34)15(46-24)8-44-51(40,41)49-26/h11-21,23-24,32-35H,4-8,25-26H2,1-3H3,(H,27,30)(H,28,31)(H,36,37)/t11-,12+,13-,14-,15-,16-,17-,18+,19-,20-,21?,23+,24-/m1/s1. The van der Waals surface area contributed by atoms with Gasteiger partial charge in [-0.1, -0.05) is 0 Å². The summed E-state index contributed by atoms with van der Waals surface area (Å²) in [7, 11) is -8.26. The predicted octanol–water partition coefficient (Wildman–Crippen LogP) is -7.14. The lowest BCUT2D eigenvalue weighted by atomic mass is 9.85. The van der Waals surface area contributed by atoms with Gasteiger partial charge in [0, 0.05) is 46.5 Å². The van der Waals surface area contributed by atoms with Crippen LogP contribution >= 0.6 is 0 Å². The Bertz CT molecular complexity index is 1430. The number of carbonyl (C=O) groups is 3. The highest BCUT2D eigenvalue weighted by molar-refractivity contribution is 7.82. The average Bonchev–Trinajstić information content (AvgIpc) is 3.05. The van der Waals surface area contributed by atoms with Gasteiger partial charge in [0.05, 0.1) is 37.4 Å². The summed E-state index contributed by atoms with van der Waals surface area (Å²) in [5.74, 6) is 3.77. The van der Waals surface area contributed by atoms with Crippen LogP contribution in [-0.2, 0) is 71.1 Å². The first-order valence-corrected chi connectivity index (χ1v) is 17.7. The highest BCUT2D eigenvalue weighted by atomic mass is 32.3. The number of carbonyl (C=O) groups excluding carboxylic acids is 2. The summed E-state index contributed by atoms with van der Waals surface area (Å²) in [5.41, 5.74) is 0. The van der Waals surface area contributed by atoms with Crippen molar-refractivity contribution in [3.05, 3.63) is 0 Å². The van der Waals surface area contributed by atoms with E-state index in [2.05, 4.69) is 29.3 Å². The summed E-state index contributed by atoms with van der Waals surface area (Å²) >= 11 is 0. The molecule has 25 nitrogen and oxygen atoms in total. The second kappa shape index (κ2) is 18.2. The van der Waals surface area contributed by atoms with Crippen molar-refractivity contribution in [3.63, 3.8) is 0 Å². The van der Waals surface area contributed by atoms with E-state index in [1.807, 2.05) is 0 Å². The van der Waals surface area contributed by atoms with Gasteiger partial charge in [0.25, 0.3) is 0 Å². The number of likely N-dealkylation sites (tertiary alicyclic amines) is 1. The van der Waals surface area contributed by atoms with Crippen LogP contribution in [0.2, 0.25) is 0 Å². The molecule has 0 aromatic heterocycles. The van der Waals surface area contributed by atoms with E-state index in [4.69, 9.17) is 29.0 Å². The Balaban J connectivity index is 1.86. The number of ether oxygens (including phenoxy) is 4. The molecule has 3 aliphatic rings. The molecule has 11 N–H and O–H groups in total. The number of rotatable bonds is 16. The van der Waals surface area contributed by atoms with Gasteiger partial charge >= 0.3 is 26.8 Å². The van der Waals surface area contributed by atoms with Gasteiger partial charge in [-0.05, 0) is 0 Å². The van der Waals surface area contributed by atoms with Crippen molar-refractivity contribution in [2.24, 2.45) is 23.6 Å². The van der Waals surface area contributed by atoms with Crippen molar-refractivity contribution in [1.29, 1.82) is 0 Å². The van der Waals surface area contributed by atoms with Gasteiger partial charge in [-0.15, -0.1) is 0 Å². The van der Waals surface area contributed by atoms with Crippen LogP contribution in [0.3, 0.4) is 0 Å². The molecule has 27 heteroatoms. The molecule has 0 bridgehead atoms. The number of aliphatic carboxylic acids is 1. The molecule has 0 aliphatic carbocycles. The third kappa shape index (κ3) is 11.4. The Morgan fingerprint density at radius 2 is 1.31 bits per heavy atom. The lowest BCUT2D eigenvalue weighted by Crippen LogP contribution is -2.67. The molecule has 0 aromatic carbocycles. The van der Waals surface area contributed by atoms with Crippen LogP contribution < -0.4 is 22.4 Å². The Morgan fingerprint density at radius 3 is 1.80 bits per heavy atom. The number of amides is 2. The highest BCUT2D eigenvalue weighted by Crippen LogP contribution is 2.32. The van der Waals surface area contributed by atoms with E-state index in [0.29, 0.717) is 0 Å². The molecule has 0 aromatic rings. The molecule has 296 valence electrons. The number of methoxy groups -OCH3 is 1. The molecule has 0 radical (unpaired) electrons. The van der Waals surface area contributed by atoms with E-state index in [1.54, 1.807) is 0 Å². The van der Waals surface area contributed by atoms with E-state index >= 15 is 0 Å². The molecule has 0 saturated carbocycles. The maximum Gasteiger partial charge on any atom is 0.415 e. The third-order valence-corrected chi connectivity index (χ3v) is 9.62. The SMILES string of the molecule is CO[C@H]1O[C@H](COS(=O)(=O)ON)[C@@H](CN2C[C@@H](O)C(O[C@H]3O[C@H](COS(=O)(=O)ON)[C@@H](O)[C@H](O)[C@H]3NC(C)=O)[C@@H](C(=O)O)C2)[C@H](O)[C@H]1NC(C)=O. The van der Waals surface area contributed by atoms with Crippen LogP contribution in [0.4, 0.5) is 0 Å². The number of β-amino-alcohol motifs (C(OH)–C–C–N with tert-alkyl or cyclic N) is 1. The van der Waals surface area contributed by atoms with Gasteiger partial charge in [0.2, 0.25) is 11.8 Å². The second-order valence-electron chi connectivity index (χ2n) is 11.8. The average molecular weight is 786 g/mol. The van der Waals surface area contributed by atoms with Gasteiger partial charge < -0.3 is 55.1 Å². The topological polar surface area (TPSA) is 374 Å². The molecule has 3 fully saturated rings. The lowest BCUT2D eigenvalue weighted by molar-refractivity contribution is -0.297. The minimum Gasteiger partial charge on any atom is -0.481 e. The second-order valence-corrected chi connectivity index (χ2v) is 14.3. The summed E-state index contributed by atoms with van der Waals surface area (Å²) in [4.78, 5) is 37.7. The van der Waals surface area contributed by atoms with Crippen molar-refractivity contribution in [1.82, 2.24) is 15.5 Å². The van der Waals surface area contributed by atoms with Gasteiger partial charge in [-0.2, -0.15) is 37.2 Å². The molecule has 13 atom stereocenters. The zero-order chi connectivity index (χ0) is 38.4. The van der Waals surface area contributed by atoms with E-state index in [1.165, 1.54) is 12.0 Å². The monoisotopic (exact) mass is 785 g/mol. The number of aliphatic hydroxyl groups excluding tert-OH is 4. The van der Waals surface area contributed by atoms with E-state index in [0.717, 1.165) is 13.8 Å². The van der Waals surface area contributed by atoms with Crippen molar-refractivity contribution < 1.29 is 92.6 Å². The molecule has 1 unspecified atom stereocenters. The van der Waals surface area contributed by atoms with Gasteiger partial charge in [0.1, 0.15) is 36.5 Å². The fraction of sp³-hybridized carbons (Fsp3) is 0.875. The van der Waals surface area contributed by atoms with Crippen LogP contribution in [0.5, 0.6) is 0 Å². The minimum atomic E-state index is -4.75. The van der Waals surface area contributed by atoms with E-state index in [9.17, 15) is 56.8 Å². The lowest BCUT2D eigenvalue weighted by Gasteiger charge is -2.48. The third-order valence-electron chi connectivity index (χ3n) is 8.30. The number of carboxylic acids is 1. The number of hydrogen-bond acceptors (Lipinski definition) is 22. The fourth-order valence-corrected chi connectivity index (χ4v) is 6.73. The number of hydrogen-bond donors (Lipinski definition) is 9. The first-order chi connectivity index (χ1) is 23.7. The van der Waals surface area contributed by atoms with Crippen LogP contribution in [0.25, 0.3) is 0 Å². The van der Waals surface area contributed by atoms with Crippen molar-refractivity contribution >= 4 is 38.6 Å². The number of nitrogens with zero attached hydrogens (tertiary/aromatic N) is 1. The number of nitrogens with one attached hydrogen (secondary N) is 2. The first kappa shape index (κ1) is 43.1. The molecular weight excluding hydrogens is 742 g/mol. The minimum absolute atomic E-state index is 0.296. The summed E-state index contributed by atoms with van der Waals surface area (Å²) in [6.07, 6.45) is -14.7. The molecule has 51 heavy (non-hydrogen) atoms. The van der Waals surface area contributed by atoms with Crippen LogP contribution in [0, 0.1) is 11.8 Å². The van der Waals surface area contributed by atoms with Crippen LogP contribution in [-0.4, -0.2) is 172 Å². The van der Waals surface area contributed by atoms with Crippen molar-refractivity contribution in [2.75, 3.05) is 40.0 Å². The zero-order valence-electron chi connectivity index (χ0n) is 27.3. The zero-order valence-corrected chi connectivity index (χ0v) is 29.0. The van der Waals surface area contributed by atoms with Crippen molar-refractivity contribution in [3.8, 4) is 0 Å². The smallest absolute Gasteiger partial charge is 0.415 e. The Hall–Kier alpha value is -2.29. The van der Waals surface area contributed by atoms with E-state index < -0.39 is 138 Å². The van der Waals surface area contributed by atoms with Gasteiger partial charge in [0.15, 0.2) is 12.6 Å². The van der Waals surface area contributed by atoms with Gasteiger partial charge in [-0.3, -0.25) is 19.3 Å². The number of nitrogens with two attached hydrogens (primary N) is 2. The fourth-order valence-electron chi connectivity index (χ4n) is 6.01. The van der Waals surface area contributed by atoms with Gasteiger partial charge in [-0.25, -0.2) is 8.37 Å². The van der Waals surface area contributed by atoms with Crippen LogP contribution in [0.1, 0.15) is 13.8 Å². The summed E-state index contributed by atoms with van der Waals surface area (Å²) in [6.45, 7) is -0.616. The summed E-state index contributed by atoms with van der Waals surface area (Å²) in [6, 6.07) is -2.77. The highest BCUT2D eigenvalue weighted by Gasteiger charge is 2.52.